The number of hydrogen-bond acceptors (Lipinski definition) is 1. The van der Waals surface area contributed by atoms with Crippen LogP contribution in [-0.4, -0.2) is 17.5 Å². The molecular formula is C21H28N2O. The highest BCUT2D eigenvalue weighted by molar-refractivity contribution is 5.89. The van der Waals surface area contributed by atoms with Crippen molar-refractivity contribution in [3.63, 3.8) is 0 Å². The predicted octanol–water partition coefficient (Wildman–Crippen LogP) is 5.69. The summed E-state index contributed by atoms with van der Waals surface area (Å²) in [4.78, 5) is 14.6. The van der Waals surface area contributed by atoms with Crippen LogP contribution in [0.2, 0.25) is 0 Å². The number of para-hydroxylation sites is 1. The Morgan fingerprint density at radius 1 is 0.875 bits per heavy atom. The monoisotopic (exact) mass is 324 g/mol. The van der Waals surface area contributed by atoms with Gasteiger partial charge in [0, 0.05) is 18.8 Å². The summed E-state index contributed by atoms with van der Waals surface area (Å²) in [7, 11) is 0. The van der Waals surface area contributed by atoms with Gasteiger partial charge in [0.2, 0.25) is 0 Å². The van der Waals surface area contributed by atoms with Crippen LogP contribution in [0.1, 0.15) is 44.6 Å². The lowest BCUT2D eigenvalue weighted by Gasteiger charge is -2.23. The molecule has 0 fully saturated rings. The fourth-order valence-electron chi connectivity index (χ4n) is 2.69. The molecule has 0 radical (unpaired) electrons. The van der Waals surface area contributed by atoms with Crippen LogP contribution in [-0.2, 0) is 6.54 Å². The van der Waals surface area contributed by atoms with E-state index in [1.165, 1.54) is 25.7 Å². The van der Waals surface area contributed by atoms with Crippen molar-refractivity contribution in [3.8, 4) is 0 Å². The van der Waals surface area contributed by atoms with Gasteiger partial charge in [0.05, 0.1) is 0 Å². The fraction of sp³-hybridized carbons (Fsp3) is 0.381. The van der Waals surface area contributed by atoms with E-state index in [1.807, 2.05) is 53.4 Å². The Morgan fingerprint density at radius 2 is 1.50 bits per heavy atom. The predicted molar refractivity (Wildman–Crippen MR) is 101 cm³/mol. The largest absolute Gasteiger partial charge is 0.322 e. The molecule has 0 spiro atoms. The normalized spacial score (nSPS) is 10.4. The van der Waals surface area contributed by atoms with E-state index in [9.17, 15) is 4.79 Å². The van der Waals surface area contributed by atoms with Crippen molar-refractivity contribution in [1.82, 2.24) is 4.90 Å². The topological polar surface area (TPSA) is 32.3 Å². The third kappa shape index (κ3) is 6.45. The summed E-state index contributed by atoms with van der Waals surface area (Å²) in [5.74, 6) is 0. The third-order valence-corrected chi connectivity index (χ3v) is 4.06. The third-order valence-electron chi connectivity index (χ3n) is 4.06. The summed E-state index contributed by atoms with van der Waals surface area (Å²) in [5, 5.41) is 3.00. The minimum atomic E-state index is -0.0273. The molecule has 0 bridgehead atoms. The van der Waals surface area contributed by atoms with E-state index in [0.29, 0.717) is 6.54 Å². The minimum absolute atomic E-state index is 0.0273. The second-order valence-electron chi connectivity index (χ2n) is 6.12. The molecule has 0 saturated carbocycles. The van der Waals surface area contributed by atoms with Crippen LogP contribution in [0.15, 0.2) is 60.7 Å². The summed E-state index contributed by atoms with van der Waals surface area (Å²) >= 11 is 0. The second-order valence-corrected chi connectivity index (χ2v) is 6.12. The number of nitrogens with zero attached hydrogens (tertiary/aromatic N) is 1. The highest BCUT2D eigenvalue weighted by Gasteiger charge is 2.13. The maximum atomic E-state index is 12.7. The number of hydrogen-bond donors (Lipinski definition) is 1. The average molecular weight is 324 g/mol. The number of carbonyl (C=O) groups excluding carboxylic acids is 1. The van der Waals surface area contributed by atoms with Gasteiger partial charge in [-0.3, -0.25) is 0 Å². The Morgan fingerprint density at radius 3 is 2.17 bits per heavy atom. The zero-order chi connectivity index (χ0) is 17.0. The van der Waals surface area contributed by atoms with Gasteiger partial charge < -0.3 is 10.2 Å². The molecule has 128 valence electrons. The highest BCUT2D eigenvalue weighted by atomic mass is 16.2. The molecule has 3 nitrogen and oxygen atoms in total. The number of rotatable bonds is 9. The van der Waals surface area contributed by atoms with Crippen molar-refractivity contribution in [3.05, 3.63) is 66.2 Å². The molecular weight excluding hydrogens is 296 g/mol. The fourth-order valence-corrected chi connectivity index (χ4v) is 2.69. The smallest absolute Gasteiger partial charge is 0.320 e. The molecule has 0 atom stereocenters. The molecule has 1 N–H and O–H groups in total. The van der Waals surface area contributed by atoms with Crippen molar-refractivity contribution in [2.75, 3.05) is 11.9 Å². The van der Waals surface area contributed by atoms with Crippen LogP contribution >= 0.6 is 0 Å². The van der Waals surface area contributed by atoms with Gasteiger partial charge in [-0.15, -0.1) is 0 Å². The van der Waals surface area contributed by atoms with E-state index < -0.39 is 0 Å². The second kappa shape index (κ2) is 10.5. The molecule has 2 aromatic carbocycles. The summed E-state index contributed by atoms with van der Waals surface area (Å²) in [6, 6.07) is 19.8. The Balaban J connectivity index is 1.94. The van der Waals surface area contributed by atoms with Crippen LogP contribution < -0.4 is 5.32 Å². The first-order valence-corrected chi connectivity index (χ1v) is 8.94. The lowest BCUT2D eigenvalue weighted by atomic mass is 10.1. The molecule has 0 aliphatic rings. The Kier molecular flexibility index (Phi) is 7.88. The van der Waals surface area contributed by atoms with Gasteiger partial charge >= 0.3 is 6.03 Å². The first-order chi connectivity index (χ1) is 11.8. The SMILES string of the molecule is CCCCCCCN(Cc1ccccc1)C(=O)Nc1ccccc1. The van der Waals surface area contributed by atoms with E-state index in [-0.39, 0.29) is 6.03 Å². The van der Waals surface area contributed by atoms with Crippen molar-refractivity contribution < 1.29 is 4.79 Å². The van der Waals surface area contributed by atoms with E-state index in [4.69, 9.17) is 0 Å². The number of unbranched alkanes of at least 4 members (excludes halogenated alkanes) is 4. The van der Waals surface area contributed by atoms with Crippen LogP contribution in [0, 0.1) is 0 Å². The van der Waals surface area contributed by atoms with Crippen molar-refractivity contribution in [1.29, 1.82) is 0 Å². The van der Waals surface area contributed by atoms with Crippen molar-refractivity contribution in [2.45, 2.75) is 45.6 Å². The molecule has 0 saturated heterocycles. The lowest BCUT2D eigenvalue weighted by molar-refractivity contribution is 0.207. The summed E-state index contributed by atoms with van der Waals surface area (Å²) in [5.41, 5.74) is 2.00. The number of anilines is 1. The van der Waals surface area contributed by atoms with Gasteiger partial charge in [-0.05, 0) is 24.1 Å². The summed E-state index contributed by atoms with van der Waals surface area (Å²) < 4.78 is 0. The highest BCUT2D eigenvalue weighted by Crippen LogP contribution is 2.12. The van der Waals surface area contributed by atoms with E-state index in [0.717, 1.165) is 24.2 Å². The van der Waals surface area contributed by atoms with Crippen molar-refractivity contribution >= 4 is 11.7 Å². The van der Waals surface area contributed by atoms with E-state index in [1.54, 1.807) is 0 Å². The van der Waals surface area contributed by atoms with Gasteiger partial charge in [0.25, 0.3) is 0 Å². The summed E-state index contributed by atoms with van der Waals surface area (Å²) in [6.07, 6.45) is 5.99. The van der Waals surface area contributed by atoms with Crippen LogP contribution in [0.5, 0.6) is 0 Å². The molecule has 2 aromatic rings. The maximum absolute atomic E-state index is 12.7. The lowest BCUT2D eigenvalue weighted by Crippen LogP contribution is -2.35. The molecule has 0 unspecified atom stereocenters. The van der Waals surface area contributed by atoms with Crippen LogP contribution in [0.25, 0.3) is 0 Å². The van der Waals surface area contributed by atoms with E-state index >= 15 is 0 Å². The summed E-state index contributed by atoms with van der Waals surface area (Å²) in [6.45, 7) is 3.65. The first kappa shape index (κ1) is 18.1. The van der Waals surface area contributed by atoms with E-state index in [2.05, 4.69) is 24.4 Å². The van der Waals surface area contributed by atoms with Gasteiger partial charge in [0.1, 0.15) is 0 Å². The number of benzene rings is 2. The zero-order valence-corrected chi connectivity index (χ0v) is 14.6. The Labute approximate surface area is 145 Å². The van der Waals surface area contributed by atoms with Crippen LogP contribution in [0.4, 0.5) is 10.5 Å². The number of nitrogens with one attached hydrogen (secondary N) is 1. The molecule has 24 heavy (non-hydrogen) atoms. The standard InChI is InChI=1S/C21H28N2O/c1-2-3-4-5-12-17-23(18-19-13-8-6-9-14-19)21(24)22-20-15-10-7-11-16-20/h6-11,13-16H,2-5,12,17-18H2,1H3,(H,22,24). The van der Waals surface area contributed by atoms with Crippen molar-refractivity contribution in [2.24, 2.45) is 0 Å². The Hall–Kier alpha value is -2.29. The molecule has 0 aliphatic carbocycles. The van der Waals surface area contributed by atoms with Gasteiger partial charge in [-0.25, -0.2) is 4.79 Å². The van der Waals surface area contributed by atoms with Crippen LogP contribution in [0.3, 0.4) is 0 Å². The molecule has 2 amide bonds. The van der Waals surface area contributed by atoms with Gasteiger partial charge in [-0.2, -0.15) is 0 Å². The number of carbonyl (C=O) groups is 1. The average Bonchev–Trinajstić information content (AvgIpc) is 2.62. The quantitative estimate of drug-likeness (QED) is 0.590. The molecule has 0 aliphatic heterocycles. The van der Waals surface area contributed by atoms with Gasteiger partial charge in [0.15, 0.2) is 0 Å². The molecule has 2 rings (SSSR count). The zero-order valence-electron chi connectivity index (χ0n) is 14.6. The molecule has 0 aromatic heterocycles. The Bertz CT molecular complexity index is 583. The first-order valence-electron chi connectivity index (χ1n) is 8.94. The van der Waals surface area contributed by atoms with Gasteiger partial charge in [-0.1, -0.05) is 81.1 Å². The maximum Gasteiger partial charge on any atom is 0.322 e. The number of amides is 2. The number of urea groups is 1. The molecule has 3 heteroatoms. The minimum Gasteiger partial charge on any atom is -0.320 e. The molecule has 0 heterocycles.